The summed E-state index contributed by atoms with van der Waals surface area (Å²) in [4.78, 5) is 32.5. The number of methoxy groups -OCH3 is 1. The molecule has 0 fully saturated rings. The second-order valence-corrected chi connectivity index (χ2v) is 5.72. The molecule has 0 unspecified atom stereocenters. The van der Waals surface area contributed by atoms with Crippen molar-refractivity contribution < 1.29 is 14.3 Å². The van der Waals surface area contributed by atoms with Gasteiger partial charge in [0.05, 0.1) is 18.4 Å². The van der Waals surface area contributed by atoms with Crippen molar-refractivity contribution >= 4 is 29.1 Å². The Morgan fingerprint density at radius 3 is 2.41 bits per heavy atom. The monoisotopic (exact) mass is 362 g/mol. The highest BCUT2D eigenvalue weighted by Gasteiger charge is 2.14. The number of carbonyl (C=O) groups excluding carboxylic acids is 2. The molecule has 0 saturated carbocycles. The topological polar surface area (TPSA) is 93.2 Å². The first-order chi connectivity index (χ1) is 13.1. The molecule has 1 aromatic heterocycles. The number of esters is 1. The van der Waals surface area contributed by atoms with Crippen molar-refractivity contribution in [3.05, 3.63) is 77.7 Å². The minimum atomic E-state index is -0.468. The van der Waals surface area contributed by atoms with E-state index in [0.29, 0.717) is 22.8 Å². The third kappa shape index (κ3) is 4.27. The van der Waals surface area contributed by atoms with Crippen LogP contribution in [0.3, 0.4) is 0 Å². The van der Waals surface area contributed by atoms with Crippen molar-refractivity contribution in [2.45, 2.75) is 6.92 Å². The number of benzene rings is 2. The number of hydrogen-bond donors (Lipinski definition) is 2. The molecule has 0 aliphatic rings. The van der Waals surface area contributed by atoms with E-state index in [1.807, 2.05) is 31.2 Å². The lowest BCUT2D eigenvalue weighted by Crippen LogP contribution is -2.15. The molecular weight excluding hydrogens is 344 g/mol. The van der Waals surface area contributed by atoms with Gasteiger partial charge in [-0.1, -0.05) is 30.3 Å². The van der Waals surface area contributed by atoms with E-state index in [4.69, 9.17) is 4.74 Å². The maximum absolute atomic E-state index is 12.5. The number of nitrogens with one attached hydrogen (secondary N) is 2. The molecule has 0 spiro atoms. The van der Waals surface area contributed by atoms with E-state index in [1.165, 1.54) is 19.5 Å². The minimum Gasteiger partial charge on any atom is -0.465 e. The van der Waals surface area contributed by atoms with Gasteiger partial charge in [-0.2, -0.15) is 0 Å². The van der Waals surface area contributed by atoms with Gasteiger partial charge in [0.25, 0.3) is 5.91 Å². The quantitative estimate of drug-likeness (QED) is 0.674. The van der Waals surface area contributed by atoms with E-state index in [1.54, 1.807) is 24.3 Å². The molecule has 27 heavy (non-hydrogen) atoms. The lowest BCUT2D eigenvalue weighted by Gasteiger charge is -2.11. The molecule has 7 nitrogen and oxygen atoms in total. The predicted octanol–water partition coefficient (Wildman–Crippen LogP) is 3.57. The molecule has 7 heteroatoms. The molecule has 2 N–H and O–H groups in total. The molecule has 136 valence electrons. The van der Waals surface area contributed by atoms with Gasteiger partial charge in [-0.05, 0) is 30.7 Å². The molecule has 0 bridgehead atoms. The van der Waals surface area contributed by atoms with Gasteiger partial charge in [0.1, 0.15) is 17.8 Å². The molecule has 0 atom stereocenters. The summed E-state index contributed by atoms with van der Waals surface area (Å²) in [6, 6.07) is 15.9. The lowest BCUT2D eigenvalue weighted by molar-refractivity contribution is 0.0601. The number of amides is 1. The Hall–Kier alpha value is -3.74. The van der Waals surface area contributed by atoms with Gasteiger partial charge < -0.3 is 15.4 Å². The van der Waals surface area contributed by atoms with E-state index in [2.05, 4.69) is 20.6 Å². The van der Waals surface area contributed by atoms with Crippen molar-refractivity contribution in [2.75, 3.05) is 17.7 Å². The Morgan fingerprint density at radius 2 is 1.67 bits per heavy atom. The van der Waals surface area contributed by atoms with Crippen molar-refractivity contribution in [2.24, 2.45) is 0 Å². The fourth-order valence-corrected chi connectivity index (χ4v) is 2.47. The van der Waals surface area contributed by atoms with Gasteiger partial charge in [-0.25, -0.2) is 14.8 Å². The smallest absolute Gasteiger partial charge is 0.339 e. The summed E-state index contributed by atoms with van der Waals surface area (Å²) in [7, 11) is 1.32. The molecule has 1 amide bonds. The highest BCUT2D eigenvalue weighted by Crippen LogP contribution is 2.21. The van der Waals surface area contributed by atoms with Gasteiger partial charge in [0, 0.05) is 11.8 Å². The minimum absolute atomic E-state index is 0.200. The van der Waals surface area contributed by atoms with Crippen molar-refractivity contribution in [1.29, 1.82) is 0 Å². The average Bonchev–Trinajstić information content (AvgIpc) is 2.70. The lowest BCUT2D eigenvalue weighted by atomic mass is 10.2. The van der Waals surface area contributed by atoms with Crippen molar-refractivity contribution in [1.82, 2.24) is 9.97 Å². The van der Waals surface area contributed by atoms with Gasteiger partial charge in [0.2, 0.25) is 0 Å². The Kier molecular flexibility index (Phi) is 5.41. The van der Waals surface area contributed by atoms with Gasteiger partial charge >= 0.3 is 5.97 Å². The standard InChI is InChI=1S/C20H18N4O3/c1-13-7-3-5-9-15(13)24-19(25)17-11-18(22-12-21-17)23-16-10-6-4-8-14(16)20(26)27-2/h3-12H,1-2H3,(H,24,25)(H,21,22,23). The van der Waals surface area contributed by atoms with Gasteiger partial charge in [0.15, 0.2) is 0 Å². The highest BCUT2D eigenvalue weighted by atomic mass is 16.5. The van der Waals surface area contributed by atoms with Crippen LogP contribution in [0.15, 0.2) is 60.9 Å². The van der Waals surface area contributed by atoms with Crippen LogP contribution in [0, 0.1) is 6.92 Å². The number of nitrogens with zero attached hydrogens (tertiary/aromatic N) is 2. The first kappa shape index (κ1) is 18.1. The third-order valence-corrected chi connectivity index (χ3v) is 3.89. The van der Waals surface area contributed by atoms with Crippen LogP contribution in [-0.2, 0) is 4.74 Å². The zero-order valence-electron chi connectivity index (χ0n) is 14.9. The fourth-order valence-electron chi connectivity index (χ4n) is 2.47. The van der Waals surface area contributed by atoms with E-state index in [-0.39, 0.29) is 11.6 Å². The number of rotatable bonds is 5. The second-order valence-electron chi connectivity index (χ2n) is 5.72. The van der Waals surface area contributed by atoms with Crippen LogP contribution < -0.4 is 10.6 Å². The van der Waals surface area contributed by atoms with Crippen LogP contribution in [-0.4, -0.2) is 29.0 Å². The summed E-state index contributed by atoms with van der Waals surface area (Å²) < 4.78 is 4.78. The Labute approximate surface area is 156 Å². The molecule has 0 aliphatic carbocycles. The summed E-state index contributed by atoms with van der Waals surface area (Å²) in [5.41, 5.74) is 2.75. The average molecular weight is 362 g/mol. The van der Waals surface area contributed by atoms with E-state index >= 15 is 0 Å². The van der Waals surface area contributed by atoms with Crippen LogP contribution in [0.5, 0.6) is 0 Å². The molecule has 0 radical (unpaired) electrons. The molecule has 1 heterocycles. The van der Waals surface area contributed by atoms with Crippen LogP contribution in [0.4, 0.5) is 17.2 Å². The largest absolute Gasteiger partial charge is 0.465 e. The van der Waals surface area contributed by atoms with Gasteiger partial charge in [-0.15, -0.1) is 0 Å². The van der Waals surface area contributed by atoms with E-state index in [0.717, 1.165) is 5.56 Å². The number of anilines is 3. The summed E-state index contributed by atoms with van der Waals surface area (Å²) in [6.07, 6.45) is 1.29. The van der Waals surface area contributed by atoms with Crippen molar-refractivity contribution in [3.63, 3.8) is 0 Å². The summed E-state index contributed by atoms with van der Waals surface area (Å²) in [6.45, 7) is 1.91. The summed E-state index contributed by atoms with van der Waals surface area (Å²) in [5, 5.41) is 5.85. The third-order valence-electron chi connectivity index (χ3n) is 3.89. The molecule has 0 saturated heterocycles. The zero-order valence-corrected chi connectivity index (χ0v) is 14.9. The Bertz CT molecular complexity index is 988. The van der Waals surface area contributed by atoms with Crippen LogP contribution in [0.2, 0.25) is 0 Å². The van der Waals surface area contributed by atoms with Gasteiger partial charge in [-0.3, -0.25) is 4.79 Å². The molecule has 0 aliphatic heterocycles. The molecule has 3 aromatic rings. The maximum atomic E-state index is 12.5. The molecule has 2 aromatic carbocycles. The van der Waals surface area contributed by atoms with Crippen LogP contribution >= 0.6 is 0 Å². The van der Waals surface area contributed by atoms with E-state index < -0.39 is 5.97 Å². The number of carbonyl (C=O) groups is 2. The predicted molar refractivity (Wildman–Crippen MR) is 102 cm³/mol. The fraction of sp³-hybridized carbons (Fsp3) is 0.100. The molecule has 3 rings (SSSR count). The van der Waals surface area contributed by atoms with Crippen LogP contribution in [0.1, 0.15) is 26.4 Å². The normalized spacial score (nSPS) is 10.1. The SMILES string of the molecule is COC(=O)c1ccccc1Nc1cc(C(=O)Nc2ccccc2C)ncn1. The van der Waals surface area contributed by atoms with Crippen LogP contribution in [0.25, 0.3) is 0 Å². The van der Waals surface area contributed by atoms with Crippen molar-refractivity contribution in [3.8, 4) is 0 Å². The summed E-state index contributed by atoms with van der Waals surface area (Å²) >= 11 is 0. The highest BCUT2D eigenvalue weighted by molar-refractivity contribution is 6.03. The summed E-state index contributed by atoms with van der Waals surface area (Å²) in [5.74, 6) is -0.433. The number of aromatic nitrogens is 2. The Morgan fingerprint density at radius 1 is 0.963 bits per heavy atom. The maximum Gasteiger partial charge on any atom is 0.339 e. The number of ether oxygens (including phenoxy) is 1. The Balaban J connectivity index is 1.81. The molecular formula is C20H18N4O3. The second kappa shape index (κ2) is 8.09. The number of aryl methyl sites for hydroxylation is 1. The van der Waals surface area contributed by atoms with E-state index in [9.17, 15) is 9.59 Å². The number of para-hydroxylation sites is 2. The number of hydrogen-bond acceptors (Lipinski definition) is 6. The first-order valence-corrected chi connectivity index (χ1v) is 8.22. The zero-order chi connectivity index (χ0) is 19.2. The first-order valence-electron chi connectivity index (χ1n) is 8.22.